The molecule has 1 aliphatic rings. The van der Waals surface area contributed by atoms with Crippen molar-refractivity contribution in [1.82, 2.24) is 24.8 Å². The molecule has 1 aliphatic heterocycles. The molecule has 1 N–H and O–H groups in total. The minimum Gasteiger partial charge on any atom is -0.344 e. The monoisotopic (exact) mass is 333 g/mol. The first kappa shape index (κ1) is 16.4. The minimum absolute atomic E-state index is 0.480. The van der Waals surface area contributed by atoms with Crippen LogP contribution in [0.5, 0.6) is 0 Å². The van der Waals surface area contributed by atoms with Crippen molar-refractivity contribution in [2.24, 2.45) is 0 Å². The average Bonchev–Trinajstić information content (AvgIpc) is 2.94. The SMILES string of the molecule is CCCCc1nc(Cl)c(CN2CCCC(c3ccncn3)C2)[nH]1. The fourth-order valence-corrected chi connectivity index (χ4v) is 3.42. The Bertz CT molecular complexity index is 613. The highest BCUT2D eigenvalue weighted by molar-refractivity contribution is 6.30. The molecular weight excluding hydrogens is 310 g/mol. The summed E-state index contributed by atoms with van der Waals surface area (Å²) in [6.07, 6.45) is 9.12. The van der Waals surface area contributed by atoms with Crippen LogP contribution < -0.4 is 0 Å². The van der Waals surface area contributed by atoms with Crippen LogP contribution in [0.15, 0.2) is 18.6 Å². The van der Waals surface area contributed by atoms with Gasteiger partial charge in [0.05, 0.1) is 5.69 Å². The van der Waals surface area contributed by atoms with Gasteiger partial charge in [-0.05, 0) is 31.9 Å². The van der Waals surface area contributed by atoms with E-state index in [-0.39, 0.29) is 0 Å². The van der Waals surface area contributed by atoms with Crippen LogP contribution in [-0.4, -0.2) is 37.9 Å². The zero-order chi connectivity index (χ0) is 16.1. The average molecular weight is 334 g/mol. The number of aryl methyl sites for hydroxylation is 1. The van der Waals surface area contributed by atoms with E-state index in [0.717, 1.165) is 49.7 Å². The highest BCUT2D eigenvalue weighted by Gasteiger charge is 2.23. The molecule has 2 aromatic rings. The summed E-state index contributed by atoms with van der Waals surface area (Å²) in [7, 11) is 0. The van der Waals surface area contributed by atoms with Crippen LogP contribution >= 0.6 is 11.6 Å². The predicted octanol–water partition coefficient (Wildman–Crippen LogP) is 3.58. The van der Waals surface area contributed by atoms with Gasteiger partial charge in [-0.1, -0.05) is 24.9 Å². The molecule has 0 amide bonds. The topological polar surface area (TPSA) is 57.7 Å². The van der Waals surface area contributed by atoms with Crippen LogP contribution in [0.2, 0.25) is 5.15 Å². The molecule has 0 bridgehead atoms. The van der Waals surface area contributed by atoms with Crippen molar-refractivity contribution in [2.45, 2.75) is 51.5 Å². The van der Waals surface area contributed by atoms with Crippen molar-refractivity contribution in [1.29, 1.82) is 0 Å². The maximum atomic E-state index is 6.31. The Balaban J connectivity index is 1.62. The summed E-state index contributed by atoms with van der Waals surface area (Å²) in [6, 6.07) is 2.03. The van der Waals surface area contributed by atoms with Gasteiger partial charge in [-0.3, -0.25) is 4.90 Å². The fourth-order valence-electron chi connectivity index (χ4n) is 3.21. The number of rotatable bonds is 6. The van der Waals surface area contributed by atoms with Crippen molar-refractivity contribution in [3.8, 4) is 0 Å². The Hall–Kier alpha value is -1.46. The number of unbranched alkanes of at least 4 members (excludes halogenated alkanes) is 1. The maximum absolute atomic E-state index is 6.31. The van der Waals surface area contributed by atoms with Crippen LogP contribution in [0.3, 0.4) is 0 Å². The van der Waals surface area contributed by atoms with E-state index in [1.54, 1.807) is 6.33 Å². The van der Waals surface area contributed by atoms with E-state index in [4.69, 9.17) is 11.6 Å². The summed E-state index contributed by atoms with van der Waals surface area (Å²) in [5.41, 5.74) is 2.19. The normalized spacial score (nSPS) is 19.1. The first-order chi connectivity index (χ1) is 11.3. The van der Waals surface area contributed by atoms with Crippen LogP contribution in [0.25, 0.3) is 0 Å². The Morgan fingerprint density at radius 3 is 3.13 bits per heavy atom. The van der Waals surface area contributed by atoms with Crippen molar-refractivity contribution in [3.63, 3.8) is 0 Å². The van der Waals surface area contributed by atoms with E-state index in [1.807, 2.05) is 12.3 Å². The lowest BCUT2D eigenvalue weighted by Gasteiger charge is -2.32. The lowest BCUT2D eigenvalue weighted by molar-refractivity contribution is 0.196. The second-order valence-electron chi connectivity index (χ2n) is 6.26. The van der Waals surface area contributed by atoms with Gasteiger partial charge in [0.15, 0.2) is 5.15 Å². The highest BCUT2D eigenvalue weighted by atomic mass is 35.5. The van der Waals surface area contributed by atoms with Gasteiger partial charge in [-0.15, -0.1) is 0 Å². The van der Waals surface area contributed by atoms with E-state index in [2.05, 4.69) is 31.8 Å². The Labute approximate surface area is 142 Å². The van der Waals surface area contributed by atoms with Gasteiger partial charge >= 0.3 is 0 Å². The number of nitrogens with zero attached hydrogens (tertiary/aromatic N) is 4. The van der Waals surface area contributed by atoms with Crippen LogP contribution in [-0.2, 0) is 13.0 Å². The van der Waals surface area contributed by atoms with Crippen molar-refractivity contribution < 1.29 is 0 Å². The van der Waals surface area contributed by atoms with Gasteiger partial charge in [-0.25, -0.2) is 15.0 Å². The van der Waals surface area contributed by atoms with Gasteiger partial charge in [0.25, 0.3) is 0 Å². The third-order valence-electron chi connectivity index (χ3n) is 4.45. The summed E-state index contributed by atoms with van der Waals surface area (Å²) in [5.74, 6) is 1.49. The number of H-pyrrole nitrogens is 1. The van der Waals surface area contributed by atoms with Crippen molar-refractivity contribution in [2.75, 3.05) is 13.1 Å². The van der Waals surface area contributed by atoms with Crippen LogP contribution in [0.1, 0.15) is 55.7 Å². The zero-order valence-corrected chi connectivity index (χ0v) is 14.4. The molecule has 23 heavy (non-hydrogen) atoms. The summed E-state index contributed by atoms with van der Waals surface area (Å²) in [4.78, 5) is 18.7. The van der Waals surface area contributed by atoms with Gasteiger partial charge in [0.1, 0.15) is 12.2 Å². The molecule has 3 rings (SSSR count). The first-order valence-electron chi connectivity index (χ1n) is 8.47. The van der Waals surface area contributed by atoms with Gasteiger partial charge in [-0.2, -0.15) is 0 Å². The van der Waals surface area contributed by atoms with E-state index < -0.39 is 0 Å². The molecule has 0 saturated carbocycles. The molecule has 0 aromatic carbocycles. The molecule has 3 heterocycles. The first-order valence-corrected chi connectivity index (χ1v) is 8.85. The summed E-state index contributed by atoms with van der Waals surface area (Å²) in [5, 5.41) is 0.625. The van der Waals surface area contributed by atoms with Gasteiger partial charge < -0.3 is 4.98 Å². The number of hydrogen-bond donors (Lipinski definition) is 1. The van der Waals surface area contributed by atoms with E-state index in [0.29, 0.717) is 11.1 Å². The van der Waals surface area contributed by atoms with E-state index in [1.165, 1.54) is 19.3 Å². The number of nitrogens with one attached hydrogen (secondary N) is 1. The molecule has 2 aromatic heterocycles. The van der Waals surface area contributed by atoms with Crippen LogP contribution in [0, 0.1) is 0 Å². The number of hydrogen-bond acceptors (Lipinski definition) is 4. The van der Waals surface area contributed by atoms with Crippen molar-refractivity contribution in [3.05, 3.63) is 41.0 Å². The Kier molecular flexibility index (Phi) is 5.62. The molecule has 0 aliphatic carbocycles. The second kappa shape index (κ2) is 7.88. The molecule has 6 heteroatoms. The molecule has 1 saturated heterocycles. The number of halogens is 1. The highest BCUT2D eigenvalue weighted by Crippen LogP contribution is 2.27. The molecule has 0 radical (unpaired) electrons. The standard InChI is InChI=1S/C17H24ClN5/c1-2-3-6-16-21-15(17(18)22-16)11-23-9-4-5-13(10-23)14-7-8-19-12-20-14/h7-8,12-13H,2-6,9-11H2,1H3,(H,21,22). The van der Waals surface area contributed by atoms with Gasteiger partial charge in [0.2, 0.25) is 0 Å². The fraction of sp³-hybridized carbons (Fsp3) is 0.588. The number of likely N-dealkylation sites (tertiary alicyclic amines) is 1. The number of imidazole rings is 1. The van der Waals surface area contributed by atoms with E-state index >= 15 is 0 Å². The predicted molar refractivity (Wildman–Crippen MR) is 91.5 cm³/mol. The quantitative estimate of drug-likeness (QED) is 0.878. The maximum Gasteiger partial charge on any atom is 0.151 e. The molecule has 1 atom stereocenters. The molecule has 5 nitrogen and oxygen atoms in total. The summed E-state index contributed by atoms with van der Waals surface area (Å²) < 4.78 is 0. The number of aromatic nitrogens is 4. The molecule has 1 fully saturated rings. The molecule has 124 valence electrons. The van der Waals surface area contributed by atoms with Crippen molar-refractivity contribution >= 4 is 11.6 Å². The minimum atomic E-state index is 0.480. The smallest absolute Gasteiger partial charge is 0.151 e. The number of aromatic amines is 1. The lowest BCUT2D eigenvalue weighted by atomic mass is 9.94. The lowest BCUT2D eigenvalue weighted by Crippen LogP contribution is -2.34. The summed E-state index contributed by atoms with van der Waals surface area (Å²) >= 11 is 6.31. The van der Waals surface area contributed by atoms with Crippen LogP contribution in [0.4, 0.5) is 0 Å². The molecule has 1 unspecified atom stereocenters. The Morgan fingerprint density at radius 2 is 2.35 bits per heavy atom. The Morgan fingerprint density at radius 1 is 1.43 bits per heavy atom. The zero-order valence-electron chi connectivity index (χ0n) is 13.6. The molecular formula is C17H24ClN5. The summed E-state index contributed by atoms with van der Waals surface area (Å²) in [6.45, 7) is 5.13. The number of piperidine rings is 1. The van der Waals surface area contributed by atoms with E-state index in [9.17, 15) is 0 Å². The third-order valence-corrected chi connectivity index (χ3v) is 4.77. The third kappa shape index (κ3) is 4.30. The van der Waals surface area contributed by atoms with Gasteiger partial charge in [0, 0.05) is 37.3 Å². The molecule has 0 spiro atoms. The largest absolute Gasteiger partial charge is 0.344 e. The second-order valence-corrected chi connectivity index (χ2v) is 6.62.